The van der Waals surface area contributed by atoms with E-state index in [1.54, 1.807) is 13.8 Å². The second-order valence-electron chi connectivity index (χ2n) is 15.8. The SMILES string of the molecule is CC(C)([NH3+])CO.CC(C)=CCC[C@]1(C)C(CC=C(C)C)C[C@@]2(CC=C(C)C)C(=O)[C@]1(C(=O)C(C)C)C(=O)C(CC=C(C)C)=C2[O-]. The lowest BCUT2D eigenvalue weighted by Gasteiger charge is -2.63. The molecule has 0 spiro atoms. The molecule has 6 heteroatoms. The summed E-state index contributed by atoms with van der Waals surface area (Å²) in [6, 6.07) is 0. The van der Waals surface area contributed by atoms with E-state index >= 15 is 0 Å². The van der Waals surface area contributed by atoms with Gasteiger partial charge >= 0.3 is 0 Å². The Kier molecular flexibility index (Phi) is 14.2. The highest BCUT2D eigenvalue weighted by Gasteiger charge is 2.74. The molecule has 2 aliphatic carbocycles. The fourth-order valence-corrected chi connectivity index (χ4v) is 6.69. The van der Waals surface area contributed by atoms with Crippen LogP contribution in [0.2, 0.25) is 0 Å². The van der Waals surface area contributed by atoms with Crippen LogP contribution in [0.3, 0.4) is 0 Å². The highest BCUT2D eigenvalue weighted by atomic mass is 16.3. The second-order valence-corrected chi connectivity index (χ2v) is 15.8. The molecule has 1 fully saturated rings. The normalized spacial score (nSPS) is 26.1. The average Bonchev–Trinajstić information content (AvgIpc) is 2.91. The van der Waals surface area contributed by atoms with E-state index in [0.29, 0.717) is 25.7 Å². The van der Waals surface area contributed by atoms with Crippen molar-refractivity contribution in [2.24, 2.45) is 28.1 Å². The Morgan fingerprint density at radius 3 is 1.87 bits per heavy atom. The van der Waals surface area contributed by atoms with Crippen LogP contribution >= 0.6 is 0 Å². The Morgan fingerprint density at radius 2 is 1.44 bits per heavy atom. The van der Waals surface area contributed by atoms with Crippen molar-refractivity contribution < 1.29 is 30.3 Å². The quantitative estimate of drug-likeness (QED) is 0.183. The van der Waals surface area contributed by atoms with Gasteiger partial charge in [0.1, 0.15) is 5.54 Å². The first-order chi connectivity index (χ1) is 20.5. The number of aliphatic hydroxyl groups is 1. The monoisotopic (exact) mass is 625 g/mol. The summed E-state index contributed by atoms with van der Waals surface area (Å²) in [4.78, 5) is 44.2. The highest BCUT2D eigenvalue weighted by Crippen LogP contribution is 2.67. The lowest BCUT2D eigenvalue weighted by molar-refractivity contribution is -0.471. The molecule has 2 aliphatic rings. The van der Waals surface area contributed by atoms with Crippen LogP contribution in [0.25, 0.3) is 0 Å². The van der Waals surface area contributed by atoms with Gasteiger partial charge in [0.05, 0.1) is 6.61 Å². The van der Waals surface area contributed by atoms with Gasteiger partial charge < -0.3 is 15.9 Å². The fourth-order valence-electron chi connectivity index (χ4n) is 6.69. The Bertz CT molecular complexity index is 1250. The van der Waals surface area contributed by atoms with Gasteiger partial charge in [-0.1, -0.05) is 67.4 Å². The molecule has 0 aromatic rings. The zero-order chi connectivity index (χ0) is 35.1. The Balaban J connectivity index is 0.00000153. The molecule has 0 radical (unpaired) electrons. The minimum Gasteiger partial charge on any atom is -0.874 e. The number of fused-ring (bicyclic) bond motifs is 2. The van der Waals surface area contributed by atoms with Gasteiger partial charge in [0.2, 0.25) is 0 Å². The Hall–Kier alpha value is -2.57. The summed E-state index contributed by atoms with van der Waals surface area (Å²) in [5.41, 5.74) is 3.70. The molecule has 0 aromatic heterocycles. The molecule has 2 bridgehead atoms. The fraction of sp³-hybridized carbons (Fsp3) is 0.667. The molecular weight excluding hydrogens is 562 g/mol. The molecule has 6 nitrogen and oxygen atoms in total. The van der Waals surface area contributed by atoms with Crippen LogP contribution in [0, 0.1) is 28.1 Å². The van der Waals surface area contributed by atoms with Crippen LogP contribution in [-0.2, 0) is 14.4 Å². The summed E-state index contributed by atoms with van der Waals surface area (Å²) in [6.07, 6.45) is 10.6. The van der Waals surface area contributed by atoms with Crippen LogP contribution in [0.4, 0.5) is 0 Å². The third-order valence-corrected chi connectivity index (χ3v) is 9.37. The van der Waals surface area contributed by atoms with Crippen molar-refractivity contribution in [1.82, 2.24) is 0 Å². The number of carbonyl (C=O) groups excluding carboxylic acids is 3. The van der Waals surface area contributed by atoms with Gasteiger partial charge in [-0.2, -0.15) is 0 Å². The molecule has 0 saturated heterocycles. The third-order valence-electron chi connectivity index (χ3n) is 9.37. The van der Waals surface area contributed by atoms with Gasteiger partial charge in [0.15, 0.2) is 22.8 Å². The van der Waals surface area contributed by atoms with Gasteiger partial charge in [0.25, 0.3) is 0 Å². The topological polar surface area (TPSA) is 122 Å². The molecular formula is C39H63NO5. The van der Waals surface area contributed by atoms with E-state index in [1.807, 2.05) is 88.3 Å². The van der Waals surface area contributed by atoms with Crippen LogP contribution in [0.1, 0.15) is 129 Å². The van der Waals surface area contributed by atoms with Gasteiger partial charge in [-0.15, -0.1) is 5.76 Å². The minimum atomic E-state index is -1.87. The summed E-state index contributed by atoms with van der Waals surface area (Å²) in [5, 5.41) is 22.7. The molecule has 2 rings (SSSR count). The lowest BCUT2D eigenvalue weighted by Crippen LogP contribution is -2.71. The first-order valence-corrected chi connectivity index (χ1v) is 16.6. The Morgan fingerprint density at radius 1 is 0.956 bits per heavy atom. The van der Waals surface area contributed by atoms with Crippen LogP contribution in [0.15, 0.2) is 57.9 Å². The van der Waals surface area contributed by atoms with Crippen LogP contribution in [-0.4, -0.2) is 34.6 Å². The molecule has 1 saturated carbocycles. The van der Waals surface area contributed by atoms with E-state index in [2.05, 4.69) is 17.9 Å². The lowest BCUT2D eigenvalue weighted by atomic mass is 9.38. The van der Waals surface area contributed by atoms with Crippen molar-refractivity contribution in [2.75, 3.05) is 6.61 Å². The largest absolute Gasteiger partial charge is 0.874 e. The molecule has 254 valence electrons. The number of carbonyl (C=O) groups is 3. The summed E-state index contributed by atoms with van der Waals surface area (Å²) < 4.78 is 0. The van der Waals surface area contributed by atoms with Crippen molar-refractivity contribution in [1.29, 1.82) is 0 Å². The summed E-state index contributed by atoms with van der Waals surface area (Å²) in [7, 11) is 0. The zero-order valence-electron chi connectivity index (χ0n) is 30.7. The number of hydrogen-bond acceptors (Lipinski definition) is 5. The maximum absolute atomic E-state index is 15.0. The molecule has 4 N–H and O–H groups in total. The molecule has 0 heterocycles. The van der Waals surface area contributed by atoms with Crippen molar-refractivity contribution in [3.05, 3.63) is 57.9 Å². The van der Waals surface area contributed by atoms with E-state index in [9.17, 15) is 19.5 Å². The maximum Gasteiger partial charge on any atom is 0.179 e. The number of hydrogen-bond donors (Lipinski definition) is 2. The van der Waals surface area contributed by atoms with E-state index in [0.717, 1.165) is 22.3 Å². The van der Waals surface area contributed by atoms with E-state index in [-0.39, 0.29) is 48.0 Å². The predicted molar refractivity (Wildman–Crippen MR) is 183 cm³/mol. The zero-order valence-corrected chi connectivity index (χ0v) is 30.7. The molecule has 45 heavy (non-hydrogen) atoms. The minimum absolute atomic E-state index is 0.126. The highest BCUT2D eigenvalue weighted by molar-refractivity contribution is 6.33. The van der Waals surface area contributed by atoms with Crippen molar-refractivity contribution in [2.45, 2.75) is 134 Å². The average molecular weight is 626 g/mol. The van der Waals surface area contributed by atoms with Crippen LogP contribution < -0.4 is 10.8 Å². The standard InChI is InChI=1S/C35H52O4.C4H11NO/c1-22(2)13-12-19-33(11)27(16-14-23(3)4)21-34(20-18-25(7)8)30(37)28(17-15-24(5)6)31(38)35(33,32(34)39)29(36)26(9)10;1-4(2,5)3-6/h13-15,18,26-27,37H,12,16-17,19-21H2,1-11H3;6H,3,5H2,1-2H3/t27?,33-,34-,35+;/m1./s1. The molecule has 0 amide bonds. The predicted octanol–water partition coefficient (Wildman–Crippen LogP) is 6.79. The number of Topliss-reactive ketones (excluding diaryl/α,β-unsaturated/α-hetero) is 3. The first-order valence-electron chi connectivity index (χ1n) is 16.6. The van der Waals surface area contributed by atoms with Crippen molar-refractivity contribution >= 4 is 17.3 Å². The van der Waals surface area contributed by atoms with Gasteiger partial charge in [-0.25, -0.2) is 0 Å². The molecule has 4 atom stereocenters. The Labute approximate surface area is 274 Å². The first kappa shape index (κ1) is 40.5. The van der Waals surface area contributed by atoms with Crippen LogP contribution in [0.5, 0.6) is 0 Å². The van der Waals surface area contributed by atoms with E-state index in [4.69, 9.17) is 5.11 Å². The number of quaternary nitrogens is 1. The van der Waals surface area contributed by atoms with Gasteiger partial charge in [-0.05, 0) is 125 Å². The number of ketones is 3. The van der Waals surface area contributed by atoms with Crippen molar-refractivity contribution in [3.63, 3.8) is 0 Å². The summed E-state index contributed by atoms with van der Waals surface area (Å²) in [5.74, 6) is -2.39. The third kappa shape index (κ3) is 8.83. The molecule has 1 unspecified atom stereocenters. The molecule has 0 aliphatic heterocycles. The number of aliphatic hydroxyl groups excluding tert-OH is 1. The number of rotatable bonds is 12. The second kappa shape index (κ2) is 15.8. The summed E-state index contributed by atoms with van der Waals surface area (Å²) in [6.45, 7) is 25.4. The smallest absolute Gasteiger partial charge is 0.179 e. The molecule has 0 aromatic carbocycles. The maximum atomic E-state index is 15.0. The number of allylic oxidation sites excluding steroid dienone is 10. The summed E-state index contributed by atoms with van der Waals surface area (Å²) >= 11 is 0. The van der Waals surface area contributed by atoms with Crippen molar-refractivity contribution in [3.8, 4) is 0 Å². The van der Waals surface area contributed by atoms with Gasteiger partial charge in [-0.3, -0.25) is 14.4 Å². The van der Waals surface area contributed by atoms with Gasteiger partial charge in [0, 0.05) is 11.3 Å². The van der Waals surface area contributed by atoms with E-state index in [1.165, 1.54) is 0 Å². The van der Waals surface area contributed by atoms with E-state index < -0.39 is 33.7 Å².